The molecule has 0 fully saturated rings. The summed E-state index contributed by atoms with van der Waals surface area (Å²) in [6.45, 7) is 0. The van der Waals surface area contributed by atoms with E-state index in [1.165, 1.54) is 42.5 Å². The first kappa shape index (κ1) is 25.4. The van der Waals surface area contributed by atoms with Gasteiger partial charge in [-0.25, -0.2) is 19.2 Å². The molecular weight excluding hydrogens is 464 g/mol. The van der Waals surface area contributed by atoms with E-state index in [0.717, 1.165) is 6.07 Å². The number of hydrogen-bond acceptors (Lipinski definition) is 6. The van der Waals surface area contributed by atoms with E-state index in [-0.39, 0.29) is 11.1 Å². The summed E-state index contributed by atoms with van der Waals surface area (Å²) in [6.07, 6.45) is 0. The van der Waals surface area contributed by atoms with Crippen LogP contribution in [-0.4, -0.2) is 34.1 Å². The number of aromatic carboxylic acids is 2. The molecule has 0 atom stereocenters. The van der Waals surface area contributed by atoms with Crippen LogP contribution in [0.5, 0.6) is 11.5 Å². The maximum Gasteiger partial charge on any atom is 0.343 e. The fourth-order valence-electron chi connectivity index (χ4n) is 2.84. The summed E-state index contributed by atoms with van der Waals surface area (Å²) in [5, 5.41) is 17.0. The molecule has 0 saturated carbocycles. The summed E-state index contributed by atoms with van der Waals surface area (Å²) >= 11 is 0. The Morgan fingerprint density at radius 1 is 0.444 bits per heavy atom. The van der Waals surface area contributed by atoms with Gasteiger partial charge in [0, 0.05) is 0 Å². The van der Waals surface area contributed by atoms with Gasteiger partial charge in [0.2, 0.25) is 0 Å². The molecule has 4 aromatic carbocycles. The van der Waals surface area contributed by atoms with Crippen molar-refractivity contribution in [2.45, 2.75) is 0 Å². The lowest BCUT2D eigenvalue weighted by atomic mass is 10.1. The van der Waals surface area contributed by atoms with Crippen molar-refractivity contribution < 1.29 is 38.9 Å². The second kappa shape index (κ2) is 12.3. The van der Waals surface area contributed by atoms with Gasteiger partial charge in [0.05, 0.1) is 22.3 Å². The Kier molecular flexibility index (Phi) is 8.66. The van der Waals surface area contributed by atoms with Crippen LogP contribution in [0.25, 0.3) is 0 Å². The summed E-state index contributed by atoms with van der Waals surface area (Å²) in [4.78, 5) is 44.9. The smallest absolute Gasteiger partial charge is 0.343 e. The van der Waals surface area contributed by atoms with Crippen molar-refractivity contribution in [1.29, 1.82) is 0 Å². The Morgan fingerprint density at radius 2 is 0.806 bits per heavy atom. The largest absolute Gasteiger partial charge is 0.478 e. The first-order valence-corrected chi connectivity index (χ1v) is 10.5. The van der Waals surface area contributed by atoms with Gasteiger partial charge in [0.1, 0.15) is 11.5 Å². The minimum absolute atomic E-state index is 0.0186. The molecule has 0 bridgehead atoms. The number of carboxylic acid groups (broad SMARTS) is 2. The van der Waals surface area contributed by atoms with Crippen LogP contribution < -0.4 is 9.47 Å². The molecule has 0 aliphatic heterocycles. The van der Waals surface area contributed by atoms with E-state index in [4.69, 9.17) is 19.7 Å². The molecule has 2 N–H and O–H groups in total. The lowest BCUT2D eigenvalue weighted by molar-refractivity contribution is 0.0690. The van der Waals surface area contributed by atoms with Gasteiger partial charge in [-0.1, -0.05) is 42.5 Å². The van der Waals surface area contributed by atoms with Crippen LogP contribution >= 0.6 is 0 Å². The minimum atomic E-state index is -1.13. The van der Waals surface area contributed by atoms with Gasteiger partial charge in [-0.05, 0) is 66.7 Å². The van der Waals surface area contributed by atoms with Crippen molar-refractivity contribution in [2.24, 2.45) is 0 Å². The highest BCUT2D eigenvalue weighted by Gasteiger charge is 2.12. The molecule has 0 radical (unpaired) electrons. The minimum Gasteiger partial charge on any atom is -0.478 e. The van der Waals surface area contributed by atoms with Crippen LogP contribution in [0.2, 0.25) is 0 Å². The molecule has 0 spiro atoms. The topological polar surface area (TPSA) is 127 Å². The van der Waals surface area contributed by atoms with Crippen LogP contribution in [0.4, 0.5) is 0 Å². The Balaban J connectivity index is 0.000000253. The highest BCUT2D eigenvalue weighted by molar-refractivity contribution is 5.95. The van der Waals surface area contributed by atoms with E-state index in [1.807, 2.05) is 12.1 Å². The molecule has 0 unspecified atom stereocenters. The normalized spacial score (nSPS) is 9.78. The number of esters is 2. The third-order valence-corrected chi connectivity index (χ3v) is 4.62. The predicted octanol–water partition coefficient (Wildman–Crippen LogP) is 5.21. The third-order valence-electron chi connectivity index (χ3n) is 4.62. The van der Waals surface area contributed by atoms with E-state index < -0.39 is 23.9 Å². The molecule has 4 rings (SSSR count). The number of benzene rings is 4. The van der Waals surface area contributed by atoms with Crippen LogP contribution in [0.15, 0.2) is 109 Å². The highest BCUT2D eigenvalue weighted by atomic mass is 16.5. The average Bonchev–Trinajstić information content (AvgIpc) is 2.90. The summed E-state index contributed by atoms with van der Waals surface area (Å²) in [7, 11) is 0. The summed E-state index contributed by atoms with van der Waals surface area (Å²) in [5.74, 6) is -2.28. The van der Waals surface area contributed by atoms with Crippen LogP contribution in [-0.2, 0) is 0 Å². The second-order valence-corrected chi connectivity index (χ2v) is 7.17. The molecule has 8 heteroatoms. The molecule has 36 heavy (non-hydrogen) atoms. The molecule has 0 aromatic heterocycles. The number of carboxylic acids is 2. The number of para-hydroxylation sites is 2. The zero-order valence-electron chi connectivity index (χ0n) is 18.7. The molecule has 0 aliphatic rings. The predicted molar refractivity (Wildman–Crippen MR) is 130 cm³/mol. The molecule has 0 aliphatic carbocycles. The Labute approximate surface area is 206 Å². The summed E-state index contributed by atoms with van der Waals surface area (Å²) in [5.41, 5.74) is 0.676. The quantitative estimate of drug-likeness (QED) is 0.282. The molecular formula is C28H20O8. The lowest BCUT2D eigenvalue weighted by Crippen LogP contribution is -2.11. The molecule has 0 saturated heterocycles. The van der Waals surface area contributed by atoms with E-state index in [9.17, 15) is 19.2 Å². The highest BCUT2D eigenvalue weighted by Crippen LogP contribution is 2.15. The van der Waals surface area contributed by atoms with E-state index >= 15 is 0 Å². The Bertz CT molecular complexity index is 1250. The number of ether oxygens (including phenoxy) is 2. The van der Waals surface area contributed by atoms with Crippen LogP contribution in [0, 0.1) is 0 Å². The van der Waals surface area contributed by atoms with E-state index in [2.05, 4.69) is 0 Å². The number of carbonyl (C=O) groups excluding carboxylic acids is 2. The zero-order valence-corrected chi connectivity index (χ0v) is 18.7. The summed E-state index contributed by atoms with van der Waals surface area (Å²) < 4.78 is 10.5. The molecule has 4 aromatic rings. The maximum absolute atomic E-state index is 12.0. The van der Waals surface area contributed by atoms with Gasteiger partial charge in [0.25, 0.3) is 0 Å². The molecule has 180 valence electrons. The first-order valence-electron chi connectivity index (χ1n) is 10.5. The van der Waals surface area contributed by atoms with Gasteiger partial charge in [-0.2, -0.15) is 0 Å². The van der Waals surface area contributed by atoms with Crippen molar-refractivity contribution in [1.82, 2.24) is 0 Å². The number of carbonyl (C=O) groups is 4. The summed E-state index contributed by atoms with van der Waals surface area (Å²) in [6, 6.07) is 28.9. The van der Waals surface area contributed by atoms with Crippen molar-refractivity contribution in [2.75, 3.05) is 0 Å². The zero-order chi connectivity index (χ0) is 25.9. The van der Waals surface area contributed by atoms with Gasteiger partial charge < -0.3 is 19.7 Å². The van der Waals surface area contributed by atoms with Crippen molar-refractivity contribution in [3.05, 3.63) is 131 Å². The standard InChI is InChI=1S/C20H14O4.C8H6O4/c21-19(23-17-7-3-1-4-8-17)15-11-13-16(14-12-15)20(22)24-18-9-5-2-6-10-18;9-7(10)5-2-1-3-6(4-5)8(11)12/h1-14H;1-4H,(H,9,10)(H,11,12). The monoisotopic (exact) mass is 484 g/mol. The molecule has 8 nitrogen and oxygen atoms in total. The van der Waals surface area contributed by atoms with Gasteiger partial charge in [-0.15, -0.1) is 0 Å². The number of rotatable bonds is 6. The average molecular weight is 484 g/mol. The lowest BCUT2D eigenvalue weighted by Gasteiger charge is -2.06. The third kappa shape index (κ3) is 7.39. The van der Waals surface area contributed by atoms with Crippen LogP contribution in [0.3, 0.4) is 0 Å². The molecule has 0 heterocycles. The molecule has 0 amide bonds. The van der Waals surface area contributed by atoms with Gasteiger partial charge >= 0.3 is 23.9 Å². The SMILES string of the molecule is O=C(O)c1cccc(C(=O)O)c1.O=C(Oc1ccccc1)c1ccc(C(=O)Oc2ccccc2)cc1. The van der Waals surface area contributed by atoms with Gasteiger partial charge in [-0.3, -0.25) is 0 Å². The van der Waals surface area contributed by atoms with Crippen molar-refractivity contribution >= 4 is 23.9 Å². The van der Waals surface area contributed by atoms with Crippen molar-refractivity contribution in [3.63, 3.8) is 0 Å². The fourth-order valence-corrected chi connectivity index (χ4v) is 2.84. The van der Waals surface area contributed by atoms with E-state index in [0.29, 0.717) is 22.6 Å². The Hall–Kier alpha value is -5.24. The number of hydrogen-bond donors (Lipinski definition) is 2. The van der Waals surface area contributed by atoms with E-state index in [1.54, 1.807) is 48.5 Å². The van der Waals surface area contributed by atoms with Gasteiger partial charge in [0.15, 0.2) is 0 Å². The Morgan fingerprint density at radius 3 is 1.14 bits per heavy atom. The maximum atomic E-state index is 12.0. The first-order chi connectivity index (χ1) is 17.3. The fraction of sp³-hybridized carbons (Fsp3) is 0. The van der Waals surface area contributed by atoms with Crippen LogP contribution in [0.1, 0.15) is 41.4 Å². The second-order valence-electron chi connectivity index (χ2n) is 7.17. The van der Waals surface area contributed by atoms with Crippen molar-refractivity contribution in [3.8, 4) is 11.5 Å².